The number of benzene rings is 1. The molecular formula is C17H20N2O5. The first kappa shape index (κ1) is 16.6. The van der Waals surface area contributed by atoms with Gasteiger partial charge in [0.05, 0.1) is 26.4 Å². The molecule has 7 heteroatoms. The van der Waals surface area contributed by atoms with Gasteiger partial charge in [-0.15, -0.1) is 0 Å². The van der Waals surface area contributed by atoms with Crippen LogP contribution < -0.4 is 10.4 Å². The molecule has 1 aliphatic heterocycles. The van der Waals surface area contributed by atoms with Gasteiger partial charge in [0.1, 0.15) is 12.3 Å². The molecule has 2 heterocycles. The third-order valence-electron chi connectivity index (χ3n) is 3.99. The molecule has 0 spiro atoms. The SMILES string of the molecule is COc1ccn([C@H]2C[C@H](OCc3ccccc3)[C@@H](CO)O2)c(=O)n1. The van der Waals surface area contributed by atoms with Gasteiger partial charge in [0.25, 0.3) is 0 Å². The highest BCUT2D eigenvalue weighted by molar-refractivity contribution is 5.13. The summed E-state index contributed by atoms with van der Waals surface area (Å²) in [6.07, 6.45) is 0.745. The van der Waals surface area contributed by atoms with Crippen LogP contribution in [0, 0.1) is 0 Å². The molecule has 0 unspecified atom stereocenters. The highest BCUT2D eigenvalue weighted by Crippen LogP contribution is 2.30. The molecule has 128 valence electrons. The van der Waals surface area contributed by atoms with E-state index in [1.165, 1.54) is 11.7 Å². The highest BCUT2D eigenvalue weighted by atomic mass is 16.6. The molecule has 3 atom stereocenters. The van der Waals surface area contributed by atoms with Crippen molar-refractivity contribution in [2.75, 3.05) is 13.7 Å². The summed E-state index contributed by atoms with van der Waals surface area (Å²) in [5.41, 5.74) is 0.584. The van der Waals surface area contributed by atoms with E-state index in [0.29, 0.717) is 13.0 Å². The summed E-state index contributed by atoms with van der Waals surface area (Å²) in [6, 6.07) is 11.4. The van der Waals surface area contributed by atoms with Crippen LogP contribution in [0.4, 0.5) is 0 Å². The summed E-state index contributed by atoms with van der Waals surface area (Å²) in [7, 11) is 1.45. The smallest absolute Gasteiger partial charge is 0.352 e. The predicted octanol–water partition coefficient (Wildman–Crippen LogP) is 1.12. The highest BCUT2D eigenvalue weighted by Gasteiger charge is 2.37. The summed E-state index contributed by atoms with van der Waals surface area (Å²) in [6.45, 7) is 0.252. The van der Waals surface area contributed by atoms with E-state index >= 15 is 0 Å². The Morgan fingerprint density at radius 2 is 2.12 bits per heavy atom. The van der Waals surface area contributed by atoms with Crippen molar-refractivity contribution >= 4 is 0 Å². The standard InChI is InChI=1S/C17H20N2O5/c1-22-15-7-8-19(17(21)18-15)16-9-13(14(10-20)24-16)23-11-12-5-3-2-4-6-12/h2-8,13-14,16,20H,9-11H2,1H3/t13-,14+,16+/m0/s1. The number of nitrogens with zero attached hydrogens (tertiary/aromatic N) is 2. The quantitative estimate of drug-likeness (QED) is 0.853. The minimum absolute atomic E-state index is 0.172. The van der Waals surface area contributed by atoms with E-state index in [4.69, 9.17) is 14.2 Å². The zero-order valence-electron chi connectivity index (χ0n) is 13.4. The first-order chi connectivity index (χ1) is 11.7. The molecule has 24 heavy (non-hydrogen) atoms. The predicted molar refractivity (Wildman–Crippen MR) is 85.7 cm³/mol. The van der Waals surface area contributed by atoms with E-state index in [1.807, 2.05) is 30.3 Å². The Morgan fingerprint density at radius 1 is 1.33 bits per heavy atom. The topological polar surface area (TPSA) is 82.8 Å². The lowest BCUT2D eigenvalue weighted by Gasteiger charge is -2.16. The maximum absolute atomic E-state index is 12.1. The Balaban J connectivity index is 1.69. The maximum Gasteiger partial charge on any atom is 0.352 e. The van der Waals surface area contributed by atoms with Crippen LogP contribution in [0.3, 0.4) is 0 Å². The molecule has 7 nitrogen and oxygen atoms in total. The number of methoxy groups -OCH3 is 1. The Bertz CT molecular complexity index is 718. The first-order valence-corrected chi connectivity index (χ1v) is 7.76. The van der Waals surface area contributed by atoms with E-state index in [9.17, 15) is 9.90 Å². The van der Waals surface area contributed by atoms with Gasteiger partial charge in [-0.1, -0.05) is 30.3 Å². The van der Waals surface area contributed by atoms with Crippen molar-refractivity contribution in [1.29, 1.82) is 0 Å². The molecular weight excluding hydrogens is 312 g/mol. The van der Waals surface area contributed by atoms with Gasteiger partial charge in [0.15, 0.2) is 0 Å². The third kappa shape index (κ3) is 3.64. The van der Waals surface area contributed by atoms with Crippen LogP contribution in [0.1, 0.15) is 18.2 Å². The molecule has 0 bridgehead atoms. The molecule has 1 aliphatic rings. The molecule has 1 aromatic heterocycles. The fourth-order valence-electron chi connectivity index (χ4n) is 2.72. The molecule has 3 rings (SSSR count). The van der Waals surface area contributed by atoms with Gasteiger partial charge in [-0.05, 0) is 5.56 Å². The van der Waals surface area contributed by atoms with E-state index in [1.54, 1.807) is 12.3 Å². The van der Waals surface area contributed by atoms with Crippen LogP contribution in [0.25, 0.3) is 0 Å². The van der Waals surface area contributed by atoms with Crippen molar-refractivity contribution in [2.24, 2.45) is 0 Å². The fourth-order valence-corrected chi connectivity index (χ4v) is 2.72. The summed E-state index contributed by atoms with van der Waals surface area (Å²) in [5, 5.41) is 9.52. The van der Waals surface area contributed by atoms with Gasteiger partial charge in [0.2, 0.25) is 5.88 Å². The number of hydrogen-bond donors (Lipinski definition) is 1. The van der Waals surface area contributed by atoms with Gasteiger partial charge in [-0.25, -0.2) is 4.79 Å². The molecule has 0 aliphatic carbocycles. The van der Waals surface area contributed by atoms with Crippen molar-refractivity contribution in [3.8, 4) is 5.88 Å². The van der Waals surface area contributed by atoms with Gasteiger partial charge in [-0.3, -0.25) is 4.57 Å². The number of hydrogen-bond acceptors (Lipinski definition) is 6. The molecule has 1 aromatic carbocycles. The second-order valence-corrected chi connectivity index (χ2v) is 5.54. The largest absolute Gasteiger partial charge is 0.481 e. The normalized spacial score (nSPS) is 23.3. The van der Waals surface area contributed by atoms with Crippen molar-refractivity contribution < 1.29 is 19.3 Å². The van der Waals surface area contributed by atoms with E-state index in [0.717, 1.165) is 5.56 Å². The molecule has 1 N–H and O–H groups in total. The van der Waals surface area contributed by atoms with Gasteiger partial charge < -0.3 is 19.3 Å². The molecule has 1 saturated heterocycles. The molecule has 0 saturated carbocycles. The van der Waals surface area contributed by atoms with Crippen LogP contribution in [-0.4, -0.2) is 40.6 Å². The van der Waals surface area contributed by atoms with Crippen LogP contribution in [0.5, 0.6) is 5.88 Å². The van der Waals surface area contributed by atoms with Gasteiger partial charge in [-0.2, -0.15) is 4.98 Å². The lowest BCUT2D eigenvalue weighted by Crippen LogP contribution is -2.28. The lowest BCUT2D eigenvalue weighted by atomic mass is 10.1. The van der Waals surface area contributed by atoms with Crippen molar-refractivity contribution in [3.63, 3.8) is 0 Å². The van der Waals surface area contributed by atoms with Crippen molar-refractivity contribution in [1.82, 2.24) is 9.55 Å². The average molecular weight is 332 g/mol. The minimum Gasteiger partial charge on any atom is -0.481 e. The second kappa shape index (κ2) is 7.57. The van der Waals surface area contributed by atoms with E-state index in [-0.39, 0.29) is 18.6 Å². The van der Waals surface area contributed by atoms with Crippen LogP contribution in [0.2, 0.25) is 0 Å². The second-order valence-electron chi connectivity index (χ2n) is 5.54. The van der Waals surface area contributed by atoms with Crippen molar-refractivity contribution in [2.45, 2.75) is 31.5 Å². The number of aliphatic hydroxyl groups excluding tert-OH is 1. The van der Waals surface area contributed by atoms with E-state index < -0.39 is 18.0 Å². The third-order valence-corrected chi connectivity index (χ3v) is 3.99. The Labute approximate surface area is 139 Å². The van der Waals surface area contributed by atoms with E-state index in [2.05, 4.69) is 4.98 Å². The molecule has 2 aromatic rings. The fraction of sp³-hybridized carbons (Fsp3) is 0.412. The number of aromatic nitrogens is 2. The molecule has 0 radical (unpaired) electrons. The minimum atomic E-state index is -0.520. The van der Waals surface area contributed by atoms with Crippen molar-refractivity contribution in [3.05, 3.63) is 58.6 Å². The molecule has 0 amide bonds. The summed E-state index contributed by atoms with van der Waals surface area (Å²) in [5.74, 6) is 0.254. The van der Waals surface area contributed by atoms with Gasteiger partial charge in [0, 0.05) is 18.7 Å². The summed E-state index contributed by atoms with van der Waals surface area (Å²) < 4.78 is 18.0. The molecule has 1 fully saturated rings. The van der Waals surface area contributed by atoms with Crippen LogP contribution in [0.15, 0.2) is 47.4 Å². The Kier molecular flexibility index (Phi) is 5.24. The number of ether oxygens (including phenoxy) is 3. The zero-order valence-corrected chi connectivity index (χ0v) is 13.4. The summed E-state index contributed by atoms with van der Waals surface area (Å²) in [4.78, 5) is 15.9. The zero-order chi connectivity index (χ0) is 16.9. The monoisotopic (exact) mass is 332 g/mol. The Hall–Kier alpha value is -2.22. The maximum atomic E-state index is 12.1. The van der Waals surface area contributed by atoms with Crippen LogP contribution >= 0.6 is 0 Å². The summed E-state index contributed by atoms with van der Waals surface area (Å²) >= 11 is 0. The average Bonchev–Trinajstić information content (AvgIpc) is 3.03. The first-order valence-electron chi connectivity index (χ1n) is 7.76. The van der Waals surface area contributed by atoms with Crippen LogP contribution in [-0.2, 0) is 16.1 Å². The lowest BCUT2D eigenvalue weighted by molar-refractivity contribution is -0.0658. The number of aliphatic hydroxyl groups is 1. The van der Waals surface area contributed by atoms with Gasteiger partial charge >= 0.3 is 5.69 Å². The number of rotatable bonds is 6. The Morgan fingerprint density at radius 3 is 2.79 bits per heavy atom.